The largest absolute Gasteiger partial charge is 0.346 e. The minimum atomic E-state index is -0.130. The monoisotopic (exact) mass is 650 g/mol. The van der Waals surface area contributed by atoms with Gasteiger partial charge in [0.05, 0.1) is 0 Å². The molecular formula is C4H12SiUVWY-. The molecule has 0 rings (SSSR count). The van der Waals surface area contributed by atoms with Crippen molar-refractivity contribution in [1.29, 1.82) is 0 Å². The normalized spacial score (nSPS) is 4.00. The number of rotatable bonds is 0. The molecule has 0 bridgehead atoms. The van der Waals surface area contributed by atoms with Crippen molar-refractivity contribution in [3.63, 3.8) is 0 Å². The summed E-state index contributed by atoms with van der Waals surface area (Å²) in [5.74, 6) is 0. The Kier molecular flexibility index (Phi) is 129. The molecule has 0 aromatic rings. The predicted molar refractivity (Wildman–Crippen MR) is 29.6 cm³/mol. The molecule has 0 atom stereocenters. The van der Waals surface area contributed by atoms with Gasteiger partial charge >= 0.3 is 0 Å². The van der Waals surface area contributed by atoms with Crippen LogP contribution in [0.1, 0.15) is 7.43 Å². The van der Waals surface area contributed by atoms with Crippen LogP contribution < -0.4 is 0 Å². The summed E-state index contributed by atoms with van der Waals surface area (Å²) in [5, 5.41) is 0. The average Bonchev–Trinajstić information content (AvgIpc) is 0.811. The SMILES string of the molecule is C.[CH2-][Si](C)C.[U].[V].[W].[Y]. The zero-order valence-corrected chi connectivity index (χ0v) is 17.5. The summed E-state index contributed by atoms with van der Waals surface area (Å²) in [6.45, 7) is 8.06. The molecule has 0 saturated carbocycles. The zero-order chi connectivity index (χ0) is 3.58. The first-order valence-corrected chi connectivity index (χ1v) is 4.06. The van der Waals surface area contributed by atoms with Gasteiger partial charge in [0.2, 0.25) is 0 Å². The standard InChI is InChI=1S/C3H8Si.CH4.U.V.W.Y/c1-4(2)3;;;;;/h1H2,2-3H3;1H4;;;;/q-1;;;;;. The van der Waals surface area contributed by atoms with Gasteiger partial charge in [-0.3, -0.25) is 0 Å². The van der Waals surface area contributed by atoms with Crippen molar-refractivity contribution >= 4 is 8.80 Å². The molecule has 0 fully saturated rings. The van der Waals surface area contributed by atoms with Crippen LogP contribution in [0.15, 0.2) is 0 Å². The molecule has 0 nitrogen and oxygen atoms in total. The maximum Gasteiger partial charge on any atom is 0 e. The Morgan fingerprint density at radius 1 is 1.22 bits per heavy atom. The van der Waals surface area contributed by atoms with E-state index in [0.717, 1.165) is 0 Å². The summed E-state index contributed by atoms with van der Waals surface area (Å²) in [6.07, 6.45) is 0. The molecule has 0 saturated heterocycles. The van der Waals surface area contributed by atoms with E-state index in [9.17, 15) is 0 Å². The fourth-order valence-electron chi connectivity index (χ4n) is 0. The van der Waals surface area contributed by atoms with Crippen LogP contribution >= 0.6 is 0 Å². The van der Waals surface area contributed by atoms with Crippen molar-refractivity contribution in [3.8, 4) is 0 Å². The van der Waals surface area contributed by atoms with E-state index in [1.165, 1.54) is 0 Å². The van der Waals surface area contributed by atoms with Gasteiger partial charge in [-0.05, 0) is 0 Å². The minimum Gasteiger partial charge on any atom is -0.346 e. The van der Waals surface area contributed by atoms with Gasteiger partial charge in [0, 0.05) is 103 Å². The molecule has 0 spiro atoms. The van der Waals surface area contributed by atoms with E-state index < -0.39 is 0 Å². The molecule has 0 aliphatic heterocycles. The molecule has 51 valence electrons. The van der Waals surface area contributed by atoms with E-state index in [2.05, 4.69) is 19.6 Å². The van der Waals surface area contributed by atoms with Gasteiger partial charge < -0.3 is 6.55 Å². The van der Waals surface area contributed by atoms with Gasteiger partial charge in [-0.1, -0.05) is 20.5 Å². The van der Waals surface area contributed by atoms with Crippen LogP contribution in [0.3, 0.4) is 0 Å². The summed E-state index contributed by atoms with van der Waals surface area (Å²) in [6, 6.07) is 0. The van der Waals surface area contributed by atoms with Gasteiger partial charge in [-0.15, -0.1) is 8.80 Å². The van der Waals surface area contributed by atoms with Crippen LogP contribution in [0.2, 0.25) is 13.1 Å². The Morgan fingerprint density at radius 3 is 1.22 bits per heavy atom. The first-order chi connectivity index (χ1) is 1.73. The molecule has 0 amide bonds. The molecule has 0 aromatic heterocycles. The van der Waals surface area contributed by atoms with Crippen molar-refractivity contribution in [3.05, 3.63) is 6.55 Å². The minimum absolute atomic E-state index is 0. The van der Waals surface area contributed by atoms with Gasteiger partial charge in [-0.25, -0.2) is 0 Å². The van der Waals surface area contributed by atoms with Crippen LogP contribution in [0.5, 0.6) is 0 Å². The number of hydrogen-bond donors (Lipinski definition) is 0. The zero-order valence-electron chi connectivity index (χ0n) is 5.14. The third kappa shape index (κ3) is 81.5. The molecule has 9 heavy (non-hydrogen) atoms. The summed E-state index contributed by atoms with van der Waals surface area (Å²) >= 11 is 0. The summed E-state index contributed by atoms with van der Waals surface area (Å²) in [7, 11) is -0.130. The molecule has 0 aromatic carbocycles. The summed E-state index contributed by atoms with van der Waals surface area (Å²) in [5.41, 5.74) is 0. The molecule has 3 radical (unpaired) electrons. The second-order valence-electron chi connectivity index (χ2n) is 1.21. The van der Waals surface area contributed by atoms with Crippen molar-refractivity contribution < 1.29 is 103 Å². The molecule has 0 aliphatic carbocycles. The first kappa shape index (κ1) is 38.8. The third-order valence-corrected chi connectivity index (χ3v) is 0. The van der Waals surface area contributed by atoms with E-state index in [1.54, 1.807) is 0 Å². The summed E-state index contributed by atoms with van der Waals surface area (Å²) < 4.78 is 0. The topological polar surface area (TPSA) is 0 Å². The van der Waals surface area contributed by atoms with E-state index in [0.29, 0.717) is 0 Å². The molecular weight excluding hydrogens is 638 g/mol. The Morgan fingerprint density at radius 2 is 1.22 bits per heavy atom. The van der Waals surface area contributed by atoms with Crippen LogP contribution in [0.4, 0.5) is 0 Å². The van der Waals surface area contributed by atoms with Gasteiger partial charge in [0.1, 0.15) is 0 Å². The van der Waals surface area contributed by atoms with Crippen LogP contribution in [-0.4, -0.2) is 8.80 Å². The van der Waals surface area contributed by atoms with Gasteiger partial charge in [0.15, 0.2) is 0 Å². The Bertz CT molecular complexity index is 25.3. The maximum atomic E-state index is 3.74. The van der Waals surface area contributed by atoms with Crippen molar-refractivity contribution in [2.75, 3.05) is 0 Å². The second kappa shape index (κ2) is 29.9. The van der Waals surface area contributed by atoms with Gasteiger partial charge in [0.25, 0.3) is 0 Å². The first-order valence-electron chi connectivity index (χ1n) is 1.35. The molecule has 0 unspecified atom stereocenters. The van der Waals surface area contributed by atoms with E-state index in [-0.39, 0.29) is 120 Å². The average molecular weight is 650 g/mol. The fraction of sp³-hybridized carbons (Fsp3) is 0.750. The predicted octanol–water partition coefficient (Wildman–Crippen LogP) is 1.74. The molecule has 0 heterocycles. The van der Waals surface area contributed by atoms with Crippen LogP contribution in [0.25, 0.3) is 0 Å². The van der Waals surface area contributed by atoms with E-state index >= 15 is 0 Å². The molecule has 0 N–H and O–H groups in total. The number of hydrogen-bond acceptors (Lipinski definition) is 0. The van der Waals surface area contributed by atoms with Crippen molar-refractivity contribution in [1.82, 2.24) is 0 Å². The Labute approximate surface area is 136 Å². The smallest absolute Gasteiger partial charge is 0 e. The molecule has 0 aliphatic rings. The Balaban J connectivity index is -0.00000000450. The van der Waals surface area contributed by atoms with Gasteiger partial charge in [-0.2, -0.15) is 0 Å². The second-order valence-corrected chi connectivity index (χ2v) is 3.62. The Hall–Kier alpha value is 3.65. The fourth-order valence-corrected chi connectivity index (χ4v) is 0. The van der Waals surface area contributed by atoms with E-state index in [1.807, 2.05) is 0 Å². The quantitative estimate of drug-likeness (QED) is 0.277. The third-order valence-electron chi connectivity index (χ3n) is 0. The van der Waals surface area contributed by atoms with Crippen molar-refractivity contribution in [2.45, 2.75) is 20.5 Å². The van der Waals surface area contributed by atoms with Crippen LogP contribution in [-0.2, 0) is 72.3 Å². The van der Waals surface area contributed by atoms with E-state index in [4.69, 9.17) is 0 Å². The van der Waals surface area contributed by atoms with Crippen molar-refractivity contribution in [2.24, 2.45) is 0 Å². The molecule has 5 heteroatoms. The summed E-state index contributed by atoms with van der Waals surface area (Å²) in [4.78, 5) is 0. The van der Waals surface area contributed by atoms with Crippen LogP contribution in [0, 0.1) is 37.7 Å². The maximum absolute atomic E-state index is 3.74.